The highest BCUT2D eigenvalue weighted by Crippen LogP contribution is 2.39. The van der Waals surface area contributed by atoms with Gasteiger partial charge >= 0.3 is 6.18 Å². The van der Waals surface area contributed by atoms with Crippen molar-refractivity contribution in [2.24, 2.45) is 11.8 Å². The number of hydrogen-bond acceptors (Lipinski definition) is 4. The number of nitrogens with one attached hydrogen (secondary N) is 1. The lowest BCUT2D eigenvalue weighted by Crippen LogP contribution is -2.45. The van der Waals surface area contributed by atoms with Crippen molar-refractivity contribution >= 4 is 17.6 Å². The molecule has 2 bridgehead atoms. The summed E-state index contributed by atoms with van der Waals surface area (Å²) >= 11 is 0. The van der Waals surface area contributed by atoms with Crippen molar-refractivity contribution in [3.8, 4) is 0 Å². The van der Waals surface area contributed by atoms with E-state index in [2.05, 4.69) is 5.32 Å². The molecule has 0 spiro atoms. The van der Waals surface area contributed by atoms with Crippen LogP contribution in [0.2, 0.25) is 0 Å². The van der Waals surface area contributed by atoms with E-state index in [0.29, 0.717) is 0 Å². The highest BCUT2D eigenvalue weighted by atomic mass is 19.4. The molecular formula is C15H11F3NO4-. The Hall–Kier alpha value is -2.35. The number of fused-ring (bicyclic) bond motifs is 2. The fourth-order valence-corrected chi connectivity index (χ4v) is 2.87. The Morgan fingerprint density at radius 2 is 1.61 bits per heavy atom. The minimum atomic E-state index is -4.47. The van der Waals surface area contributed by atoms with Gasteiger partial charge in [-0.3, -0.25) is 4.79 Å². The Morgan fingerprint density at radius 1 is 1.04 bits per heavy atom. The van der Waals surface area contributed by atoms with E-state index in [1.54, 1.807) is 12.2 Å². The summed E-state index contributed by atoms with van der Waals surface area (Å²) in [4.78, 5) is 23.4. The Kier molecular flexibility index (Phi) is 3.63. The second-order valence-electron chi connectivity index (χ2n) is 5.39. The first-order valence-electron chi connectivity index (χ1n) is 6.80. The lowest BCUT2D eigenvalue weighted by molar-refractivity contribution is -0.313. The summed E-state index contributed by atoms with van der Waals surface area (Å²) in [6, 6.07) is 3.89. The van der Waals surface area contributed by atoms with E-state index >= 15 is 0 Å². The van der Waals surface area contributed by atoms with Crippen molar-refractivity contribution in [1.29, 1.82) is 0 Å². The predicted molar refractivity (Wildman–Crippen MR) is 69.9 cm³/mol. The summed E-state index contributed by atoms with van der Waals surface area (Å²) in [5.74, 6) is -4.11. The molecule has 122 valence electrons. The fourth-order valence-electron chi connectivity index (χ4n) is 2.87. The second kappa shape index (κ2) is 5.38. The number of halogens is 3. The average Bonchev–Trinajstić information content (AvgIpc) is 3.07. The molecule has 1 fully saturated rings. The van der Waals surface area contributed by atoms with Crippen LogP contribution in [0.4, 0.5) is 18.9 Å². The molecule has 0 radical (unpaired) electrons. The molecule has 0 unspecified atom stereocenters. The highest BCUT2D eigenvalue weighted by molar-refractivity contribution is 5.96. The van der Waals surface area contributed by atoms with Crippen molar-refractivity contribution in [2.75, 3.05) is 5.32 Å². The molecule has 2 aliphatic heterocycles. The minimum Gasteiger partial charge on any atom is -0.550 e. The van der Waals surface area contributed by atoms with Crippen molar-refractivity contribution in [3.63, 3.8) is 0 Å². The molecule has 0 saturated carbocycles. The number of benzene rings is 1. The normalized spacial score (nSPS) is 28.8. The van der Waals surface area contributed by atoms with Crippen LogP contribution in [0.5, 0.6) is 0 Å². The van der Waals surface area contributed by atoms with Gasteiger partial charge in [-0.25, -0.2) is 0 Å². The number of aliphatic carboxylic acids is 1. The van der Waals surface area contributed by atoms with Gasteiger partial charge in [0.25, 0.3) is 0 Å². The monoisotopic (exact) mass is 326 g/mol. The van der Waals surface area contributed by atoms with Gasteiger partial charge in [0.05, 0.1) is 23.7 Å². The first kappa shape index (κ1) is 15.5. The van der Waals surface area contributed by atoms with Gasteiger partial charge in [0, 0.05) is 17.6 Å². The maximum Gasteiger partial charge on any atom is 0.416 e. The summed E-state index contributed by atoms with van der Waals surface area (Å²) in [5, 5.41) is 13.6. The van der Waals surface area contributed by atoms with Crippen molar-refractivity contribution in [1.82, 2.24) is 0 Å². The second-order valence-corrected chi connectivity index (χ2v) is 5.39. The van der Waals surface area contributed by atoms with Crippen LogP contribution in [-0.4, -0.2) is 24.1 Å². The Bertz CT molecular complexity index is 668. The van der Waals surface area contributed by atoms with E-state index < -0.39 is 47.7 Å². The number of carboxylic acids is 1. The summed E-state index contributed by atoms with van der Waals surface area (Å²) in [5.41, 5.74) is -0.693. The average molecular weight is 326 g/mol. The van der Waals surface area contributed by atoms with Gasteiger partial charge in [0.1, 0.15) is 0 Å². The van der Waals surface area contributed by atoms with Crippen LogP contribution in [0.15, 0.2) is 36.4 Å². The first-order chi connectivity index (χ1) is 10.8. The minimum absolute atomic E-state index is 0.145. The number of alkyl halides is 3. The van der Waals surface area contributed by atoms with Crippen LogP contribution in [-0.2, 0) is 20.5 Å². The summed E-state index contributed by atoms with van der Waals surface area (Å²) in [6.45, 7) is 0. The number of rotatable bonds is 3. The molecule has 0 aliphatic carbocycles. The fraction of sp³-hybridized carbons (Fsp3) is 0.333. The molecule has 1 amide bonds. The lowest BCUT2D eigenvalue weighted by Gasteiger charge is -2.25. The third kappa shape index (κ3) is 2.81. The Labute approximate surface area is 128 Å². The van der Waals surface area contributed by atoms with E-state index in [-0.39, 0.29) is 5.69 Å². The van der Waals surface area contributed by atoms with Gasteiger partial charge in [-0.1, -0.05) is 12.2 Å². The topological polar surface area (TPSA) is 78.5 Å². The molecule has 4 atom stereocenters. The van der Waals surface area contributed by atoms with Crippen LogP contribution in [0, 0.1) is 11.8 Å². The number of carbonyl (C=O) groups excluding carboxylic acids is 2. The molecular weight excluding hydrogens is 315 g/mol. The third-order valence-corrected chi connectivity index (χ3v) is 3.95. The van der Waals surface area contributed by atoms with Gasteiger partial charge in [-0.05, 0) is 24.3 Å². The molecule has 2 aliphatic rings. The maximum absolute atomic E-state index is 12.5. The largest absolute Gasteiger partial charge is 0.550 e. The number of hydrogen-bond donors (Lipinski definition) is 1. The highest BCUT2D eigenvalue weighted by Gasteiger charge is 2.50. The smallest absolute Gasteiger partial charge is 0.416 e. The predicted octanol–water partition coefficient (Wildman–Crippen LogP) is 0.963. The Morgan fingerprint density at radius 3 is 2.13 bits per heavy atom. The van der Waals surface area contributed by atoms with Crippen LogP contribution in [0.25, 0.3) is 0 Å². The molecule has 8 heteroatoms. The van der Waals surface area contributed by atoms with Crippen LogP contribution in [0.3, 0.4) is 0 Å². The molecule has 1 aromatic carbocycles. The van der Waals surface area contributed by atoms with Crippen molar-refractivity contribution in [3.05, 3.63) is 42.0 Å². The summed E-state index contributed by atoms with van der Waals surface area (Å²) in [7, 11) is 0. The zero-order valence-corrected chi connectivity index (χ0v) is 11.5. The van der Waals surface area contributed by atoms with Crippen LogP contribution < -0.4 is 10.4 Å². The van der Waals surface area contributed by atoms with E-state index in [0.717, 1.165) is 24.3 Å². The molecule has 23 heavy (non-hydrogen) atoms. The number of carboxylic acid groups (broad SMARTS) is 1. The Balaban J connectivity index is 1.74. The van der Waals surface area contributed by atoms with Gasteiger partial charge in [0.2, 0.25) is 5.91 Å². The molecule has 1 aromatic rings. The van der Waals surface area contributed by atoms with E-state index in [9.17, 15) is 27.9 Å². The number of carbonyl (C=O) groups is 2. The lowest BCUT2D eigenvalue weighted by atomic mass is 9.82. The summed E-state index contributed by atoms with van der Waals surface area (Å²) < 4.78 is 42.8. The number of amides is 1. The SMILES string of the molecule is O=C([O-])[C@@H]1[C@@H](C(=O)Nc2ccc(C(F)(F)F)cc2)[C@H]2C=C[C@@H]1O2. The van der Waals surface area contributed by atoms with Gasteiger partial charge in [-0.15, -0.1) is 0 Å². The molecule has 1 N–H and O–H groups in total. The van der Waals surface area contributed by atoms with Gasteiger partial charge < -0.3 is 20.0 Å². The number of ether oxygens (including phenoxy) is 1. The molecule has 1 saturated heterocycles. The number of anilines is 1. The quantitative estimate of drug-likeness (QED) is 0.840. The van der Waals surface area contributed by atoms with Gasteiger partial charge in [-0.2, -0.15) is 13.2 Å². The van der Waals surface area contributed by atoms with Crippen LogP contribution in [0.1, 0.15) is 5.56 Å². The third-order valence-electron chi connectivity index (χ3n) is 3.95. The van der Waals surface area contributed by atoms with E-state index in [1.165, 1.54) is 0 Å². The zero-order chi connectivity index (χ0) is 16.8. The molecule has 5 nitrogen and oxygen atoms in total. The molecule has 3 rings (SSSR count). The van der Waals surface area contributed by atoms with E-state index in [1.807, 2.05) is 0 Å². The summed E-state index contributed by atoms with van der Waals surface area (Å²) in [6.07, 6.45) is -2.69. The van der Waals surface area contributed by atoms with E-state index in [4.69, 9.17) is 4.74 Å². The zero-order valence-electron chi connectivity index (χ0n) is 11.5. The maximum atomic E-state index is 12.5. The first-order valence-corrected chi connectivity index (χ1v) is 6.80. The molecule has 2 heterocycles. The van der Waals surface area contributed by atoms with Crippen molar-refractivity contribution < 1.29 is 32.6 Å². The van der Waals surface area contributed by atoms with Crippen LogP contribution >= 0.6 is 0 Å². The van der Waals surface area contributed by atoms with Crippen molar-refractivity contribution in [2.45, 2.75) is 18.4 Å². The van der Waals surface area contributed by atoms with Gasteiger partial charge in [0.15, 0.2) is 0 Å². The molecule has 0 aromatic heterocycles. The standard InChI is InChI=1S/C15H12F3NO4/c16-15(17,18)7-1-3-8(4-2-7)19-13(20)11-9-5-6-10(23-9)12(11)14(21)22/h1-6,9-12H,(H,19,20)(H,21,22)/p-1/t9-,10+,11+,12+/m1/s1.